The molecule has 3 heterocycles. The van der Waals surface area contributed by atoms with Crippen LogP contribution in [0.25, 0.3) is 23.4 Å². The quantitative estimate of drug-likeness (QED) is 0.685. The summed E-state index contributed by atoms with van der Waals surface area (Å²) >= 11 is 3.60. The Kier molecular flexibility index (Phi) is 3.41. The smallest absolute Gasteiger partial charge is 0.169 e. The number of aromatic nitrogens is 2. The van der Waals surface area contributed by atoms with E-state index in [1.165, 1.54) is 16.1 Å². The van der Waals surface area contributed by atoms with Gasteiger partial charge in [0.25, 0.3) is 0 Å². The van der Waals surface area contributed by atoms with Crippen LogP contribution in [0, 0.1) is 0 Å². The van der Waals surface area contributed by atoms with Gasteiger partial charge in [-0.3, -0.25) is 0 Å². The molecule has 4 heteroatoms. The van der Waals surface area contributed by atoms with Gasteiger partial charge in [-0.15, -0.1) is 11.3 Å². The van der Waals surface area contributed by atoms with Gasteiger partial charge in [0.05, 0.1) is 11.4 Å². The van der Waals surface area contributed by atoms with Crippen molar-refractivity contribution in [1.82, 2.24) is 9.55 Å². The minimum absolute atomic E-state index is 1.05. The molecule has 1 aliphatic heterocycles. The molecule has 1 aliphatic rings. The standard InChI is InChI=1S/C17H14N2S2/c1-2-5-13(6-3-1)16-15(9-8-14-7-4-11-20-14)19-10-12-21-17(19)18-16/h1-9,11H,10,12H2/b9-8-. The number of hydrogen-bond donors (Lipinski definition) is 0. The lowest BCUT2D eigenvalue weighted by atomic mass is 10.1. The number of benzene rings is 1. The highest BCUT2D eigenvalue weighted by atomic mass is 32.2. The minimum Gasteiger partial charge on any atom is -0.318 e. The van der Waals surface area contributed by atoms with Crippen molar-refractivity contribution in [1.29, 1.82) is 0 Å². The zero-order valence-electron chi connectivity index (χ0n) is 11.4. The topological polar surface area (TPSA) is 17.8 Å². The first-order chi connectivity index (χ1) is 10.4. The highest BCUT2D eigenvalue weighted by molar-refractivity contribution is 7.99. The molecule has 4 rings (SSSR count). The van der Waals surface area contributed by atoms with E-state index in [9.17, 15) is 0 Å². The van der Waals surface area contributed by atoms with Gasteiger partial charge in [0.15, 0.2) is 5.16 Å². The molecule has 21 heavy (non-hydrogen) atoms. The van der Waals surface area contributed by atoms with Crippen LogP contribution in [0.4, 0.5) is 0 Å². The average Bonchev–Trinajstić information content (AvgIpc) is 3.23. The SMILES string of the molecule is C(=C/c1c(-c2ccccc2)nc2n1CCS2)/c1cccs1. The average molecular weight is 310 g/mol. The molecular formula is C17H14N2S2. The van der Waals surface area contributed by atoms with E-state index in [0.717, 1.165) is 23.1 Å². The molecule has 104 valence electrons. The van der Waals surface area contributed by atoms with Crippen LogP contribution in [-0.4, -0.2) is 15.3 Å². The Hall–Kier alpha value is -1.78. The molecule has 3 aromatic rings. The summed E-state index contributed by atoms with van der Waals surface area (Å²) in [6.07, 6.45) is 4.39. The summed E-state index contributed by atoms with van der Waals surface area (Å²) in [5.41, 5.74) is 3.49. The maximum Gasteiger partial charge on any atom is 0.169 e. The molecule has 0 amide bonds. The predicted molar refractivity (Wildman–Crippen MR) is 91.6 cm³/mol. The van der Waals surface area contributed by atoms with E-state index < -0.39 is 0 Å². The van der Waals surface area contributed by atoms with E-state index in [1.54, 1.807) is 11.3 Å². The zero-order valence-corrected chi connectivity index (χ0v) is 13.0. The van der Waals surface area contributed by atoms with Gasteiger partial charge in [0.1, 0.15) is 0 Å². The van der Waals surface area contributed by atoms with Gasteiger partial charge >= 0.3 is 0 Å². The summed E-state index contributed by atoms with van der Waals surface area (Å²) in [6, 6.07) is 14.7. The number of fused-ring (bicyclic) bond motifs is 1. The third-order valence-corrected chi connectivity index (χ3v) is 5.31. The predicted octanol–water partition coefficient (Wildman–Crippen LogP) is 4.89. The van der Waals surface area contributed by atoms with Crippen LogP contribution in [0.15, 0.2) is 53.0 Å². The van der Waals surface area contributed by atoms with Crippen LogP contribution in [0.5, 0.6) is 0 Å². The molecule has 0 saturated carbocycles. The van der Waals surface area contributed by atoms with Crippen molar-refractivity contribution in [2.24, 2.45) is 0 Å². The van der Waals surface area contributed by atoms with Crippen molar-refractivity contribution in [3.05, 3.63) is 58.4 Å². The third-order valence-electron chi connectivity index (χ3n) is 3.51. The summed E-state index contributed by atoms with van der Waals surface area (Å²) in [5, 5.41) is 3.24. The number of thioether (sulfide) groups is 1. The van der Waals surface area contributed by atoms with Gasteiger partial charge < -0.3 is 4.57 Å². The van der Waals surface area contributed by atoms with E-state index in [0.29, 0.717) is 0 Å². The van der Waals surface area contributed by atoms with E-state index in [1.807, 2.05) is 17.8 Å². The Morgan fingerprint density at radius 3 is 2.76 bits per heavy atom. The summed E-state index contributed by atoms with van der Waals surface area (Å²) in [6.45, 7) is 1.05. The molecule has 1 aromatic carbocycles. The van der Waals surface area contributed by atoms with Gasteiger partial charge in [-0.05, 0) is 23.6 Å². The molecule has 0 N–H and O–H groups in total. The molecule has 2 aromatic heterocycles. The fourth-order valence-corrected chi connectivity index (χ4v) is 4.10. The molecular weight excluding hydrogens is 296 g/mol. The van der Waals surface area contributed by atoms with E-state index in [4.69, 9.17) is 4.98 Å². The number of imidazole rings is 1. The molecule has 0 bridgehead atoms. The van der Waals surface area contributed by atoms with Crippen LogP contribution >= 0.6 is 23.1 Å². The molecule has 0 fully saturated rings. The van der Waals surface area contributed by atoms with E-state index in [-0.39, 0.29) is 0 Å². The van der Waals surface area contributed by atoms with Gasteiger partial charge in [-0.25, -0.2) is 4.98 Å². The molecule has 0 radical (unpaired) electrons. The fourth-order valence-electron chi connectivity index (χ4n) is 2.52. The van der Waals surface area contributed by atoms with Crippen LogP contribution in [0.3, 0.4) is 0 Å². The Balaban J connectivity index is 1.81. The molecule has 0 unspecified atom stereocenters. The first-order valence-corrected chi connectivity index (χ1v) is 8.79. The van der Waals surface area contributed by atoms with Crippen molar-refractivity contribution in [3.8, 4) is 11.3 Å². The van der Waals surface area contributed by atoms with Crippen molar-refractivity contribution in [3.63, 3.8) is 0 Å². The molecule has 0 saturated heterocycles. The number of nitrogens with zero attached hydrogens (tertiary/aromatic N) is 2. The van der Waals surface area contributed by atoms with Crippen molar-refractivity contribution >= 4 is 35.3 Å². The van der Waals surface area contributed by atoms with Crippen molar-refractivity contribution in [2.45, 2.75) is 11.7 Å². The summed E-state index contributed by atoms with van der Waals surface area (Å²) in [4.78, 5) is 6.11. The highest BCUT2D eigenvalue weighted by Gasteiger charge is 2.20. The summed E-state index contributed by atoms with van der Waals surface area (Å²) < 4.78 is 2.33. The first-order valence-electron chi connectivity index (χ1n) is 6.92. The lowest BCUT2D eigenvalue weighted by molar-refractivity contribution is 0.713. The second-order valence-corrected chi connectivity index (χ2v) is 6.88. The molecule has 0 aliphatic carbocycles. The second kappa shape index (κ2) is 5.54. The van der Waals surface area contributed by atoms with Crippen molar-refractivity contribution < 1.29 is 0 Å². The van der Waals surface area contributed by atoms with Gasteiger partial charge in [-0.1, -0.05) is 48.2 Å². The first kappa shape index (κ1) is 12.9. The zero-order chi connectivity index (χ0) is 14.1. The highest BCUT2D eigenvalue weighted by Crippen LogP contribution is 2.34. The van der Waals surface area contributed by atoms with Crippen LogP contribution < -0.4 is 0 Å². The van der Waals surface area contributed by atoms with Gasteiger partial charge in [0, 0.05) is 22.7 Å². The Bertz CT molecular complexity index is 771. The third kappa shape index (κ3) is 2.45. The van der Waals surface area contributed by atoms with Gasteiger partial charge in [-0.2, -0.15) is 0 Å². The maximum absolute atomic E-state index is 4.84. The van der Waals surface area contributed by atoms with E-state index in [2.05, 4.69) is 58.5 Å². The number of rotatable bonds is 3. The number of thiophene rings is 1. The summed E-state index contributed by atoms with van der Waals surface area (Å²) in [7, 11) is 0. The summed E-state index contributed by atoms with van der Waals surface area (Å²) in [5.74, 6) is 1.12. The van der Waals surface area contributed by atoms with Gasteiger partial charge in [0.2, 0.25) is 0 Å². The molecule has 0 atom stereocenters. The molecule has 0 spiro atoms. The molecule has 2 nitrogen and oxygen atoms in total. The maximum atomic E-state index is 4.84. The van der Waals surface area contributed by atoms with Crippen molar-refractivity contribution in [2.75, 3.05) is 5.75 Å². The van der Waals surface area contributed by atoms with E-state index >= 15 is 0 Å². The van der Waals surface area contributed by atoms with Crippen LogP contribution in [0.2, 0.25) is 0 Å². The number of hydrogen-bond acceptors (Lipinski definition) is 3. The Morgan fingerprint density at radius 1 is 1.05 bits per heavy atom. The van der Waals surface area contributed by atoms with Crippen LogP contribution in [-0.2, 0) is 6.54 Å². The Morgan fingerprint density at radius 2 is 1.95 bits per heavy atom. The largest absolute Gasteiger partial charge is 0.318 e. The fraction of sp³-hybridized carbons (Fsp3) is 0.118. The minimum atomic E-state index is 1.05. The Labute approximate surface area is 132 Å². The lowest BCUT2D eigenvalue weighted by Gasteiger charge is -2.03. The lowest BCUT2D eigenvalue weighted by Crippen LogP contribution is -1.96. The normalized spacial score (nSPS) is 13.9. The monoisotopic (exact) mass is 310 g/mol. The van der Waals surface area contributed by atoms with Crippen LogP contribution in [0.1, 0.15) is 10.6 Å². The second-order valence-electron chi connectivity index (χ2n) is 4.84.